The molecule has 1 aliphatic heterocycles. The first-order valence-electron chi connectivity index (χ1n) is 12.4. The third kappa shape index (κ3) is 5.40. The molecular formula is C29H45O4P. The number of phosphoric acid groups is 1. The van der Waals surface area contributed by atoms with Gasteiger partial charge in [0, 0.05) is 12.0 Å². The van der Waals surface area contributed by atoms with Gasteiger partial charge in [0.25, 0.3) is 0 Å². The maximum atomic E-state index is 13.5. The number of hydrogen-bond acceptors (Lipinski definition) is 3. The Bertz CT molecular complexity index is 1080. The summed E-state index contributed by atoms with van der Waals surface area (Å²) >= 11 is 0. The molecule has 4 nitrogen and oxygen atoms in total. The summed E-state index contributed by atoms with van der Waals surface area (Å²) in [6, 6.07) is 4.29. The van der Waals surface area contributed by atoms with Crippen molar-refractivity contribution in [2.45, 2.75) is 112 Å². The van der Waals surface area contributed by atoms with Crippen LogP contribution in [0.5, 0.6) is 5.75 Å². The summed E-state index contributed by atoms with van der Waals surface area (Å²) in [6.45, 7) is 26.0. The Morgan fingerprint density at radius 1 is 0.853 bits per heavy atom. The molecule has 1 aromatic rings. The van der Waals surface area contributed by atoms with E-state index in [1.807, 2.05) is 0 Å². The smallest absolute Gasteiger partial charge is 0.403 e. The van der Waals surface area contributed by atoms with Crippen molar-refractivity contribution in [3.05, 3.63) is 52.1 Å². The Morgan fingerprint density at radius 2 is 1.44 bits per heavy atom. The van der Waals surface area contributed by atoms with E-state index >= 15 is 0 Å². The number of allylic oxidation sites excluding steroid dienone is 2. The van der Waals surface area contributed by atoms with Crippen molar-refractivity contribution in [1.29, 1.82) is 0 Å². The second-order valence-electron chi connectivity index (χ2n) is 14.3. The highest BCUT2D eigenvalue weighted by Crippen LogP contribution is 2.60. The fraction of sp³-hybridized carbons (Fsp3) is 0.655. The van der Waals surface area contributed by atoms with Crippen molar-refractivity contribution >= 4 is 7.82 Å². The van der Waals surface area contributed by atoms with Gasteiger partial charge >= 0.3 is 7.82 Å². The van der Waals surface area contributed by atoms with E-state index < -0.39 is 13.4 Å². The van der Waals surface area contributed by atoms with Crippen molar-refractivity contribution in [3.63, 3.8) is 0 Å². The van der Waals surface area contributed by atoms with Crippen LogP contribution in [0.15, 0.2) is 35.4 Å². The average Bonchev–Trinajstić information content (AvgIpc) is 2.69. The van der Waals surface area contributed by atoms with Gasteiger partial charge in [0.05, 0.1) is 0 Å². The highest BCUT2D eigenvalue weighted by atomic mass is 31.2. The normalized spacial score (nSPS) is 26.4. The number of fused-ring (bicyclic) bond motifs is 1. The molecule has 0 fully saturated rings. The second kappa shape index (κ2) is 8.08. The summed E-state index contributed by atoms with van der Waals surface area (Å²) < 4.78 is 25.5. The third-order valence-corrected chi connectivity index (χ3v) is 7.92. The van der Waals surface area contributed by atoms with E-state index in [1.165, 1.54) is 11.1 Å². The molecule has 1 heterocycles. The van der Waals surface area contributed by atoms with Crippen LogP contribution in [0.3, 0.4) is 0 Å². The lowest BCUT2D eigenvalue weighted by molar-refractivity contribution is 0.0593. The number of rotatable bonds is 0. The maximum absolute atomic E-state index is 13.5. The summed E-state index contributed by atoms with van der Waals surface area (Å²) in [5, 5.41) is 0. The van der Waals surface area contributed by atoms with Crippen LogP contribution in [0.25, 0.3) is 0 Å². The molecule has 3 rings (SSSR count). The van der Waals surface area contributed by atoms with Gasteiger partial charge in [-0.1, -0.05) is 107 Å². The van der Waals surface area contributed by atoms with Crippen molar-refractivity contribution in [2.24, 2.45) is 10.8 Å². The quantitative estimate of drug-likeness (QED) is 0.372. The zero-order valence-electron chi connectivity index (χ0n) is 23.3. The van der Waals surface area contributed by atoms with Gasteiger partial charge in [-0.2, -0.15) is 0 Å². The molecule has 2 atom stereocenters. The van der Waals surface area contributed by atoms with Gasteiger partial charge in [-0.15, -0.1) is 0 Å². The topological polar surface area (TPSA) is 55.8 Å². The molecule has 0 aromatic heterocycles. The van der Waals surface area contributed by atoms with Gasteiger partial charge in [0.15, 0.2) is 0 Å². The molecule has 0 saturated carbocycles. The van der Waals surface area contributed by atoms with Crippen LogP contribution < -0.4 is 4.52 Å². The molecule has 1 aromatic carbocycles. The molecule has 0 radical (unpaired) electrons. The first-order valence-corrected chi connectivity index (χ1v) is 13.9. The van der Waals surface area contributed by atoms with Gasteiger partial charge in [-0.25, -0.2) is 4.57 Å². The Kier molecular flexibility index (Phi) is 6.48. The lowest BCUT2D eigenvalue weighted by Crippen LogP contribution is -2.42. The fourth-order valence-corrected chi connectivity index (χ4v) is 6.18. The molecule has 0 amide bonds. The Morgan fingerprint density at radius 3 is 1.91 bits per heavy atom. The van der Waals surface area contributed by atoms with Gasteiger partial charge in [0.1, 0.15) is 11.4 Å². The van der Waals surface area contributed by atoms with Crippen LogP contribution in [0, 0.1) is 10.8 Å². The first kappa shape index (κ1) is 27.2. The standard InChI is InChI=1S/C29H45O4P/c1-25(2,3)20-13-14-29(23(17-20)28(10,11)12)18-19-15-21(26(4,5)6)16-22(27(7,8)9)24(19)32-34(30,31)33-29/h13,15-17H,14,18H2,1-12H3,(H,30,31). The van der Waals surface area contributed by atoms with Crippen molar-refractivity contribution < 1.29 is 18.5 Å². The van der Waals surface area contributed by atoms with Gasteiger partial charge < -0.3 is 4.52 Å². The minimum absolute atomic E-state index is 0.0288. The molecule has 0 saturated heterocycles. The molecule has 1 spiro atoms. The van der Waals surface area contributed by atoms with Crippen molar-refractivity contribution in [1.82, 2.24) is 0 Å². The van der Waals surface area contributed by atoms with Crippen LogP contribution in [0.2, 0.25) is 0 Å². The SMILES string of the molecule is CC(C)(C)C1=CCC2(Cc3cc(C(C)(C)C)cc(C(C)(C)C)c3OP(=O)(O)O2)C(C(C)(C)C)=C1. The summed E-state index contributed by atoms with van der Waals surface area (Å²) in [7, 11) is -4.39. The monoisotopic (exact) mass is 488 g/mol. The maximum Gasteiger partial charge on any atom is 0.528 e. The highest BCUT2D eigenvalue weighted by Gasteiger charge is 2.51. The Labute approximate surface area is 207 Å². The highest BCUT2D eigenvalue weighted by molar-refractivity contribution is 7.47. The van der Waals surface area contributed by atoms with Gasteiger partial charge in [0.2, 0.25) is 0 Å². The molecular weight excluding hydrogens is 443 g/mol. The minimum Gasteiger partial charge on any atom is -0.403 e. The molecule has 1 aliphatic carbocycles. The van der Waals surface area contributed by atoms with E-state index in [1.54, 1.807) is 0 Å². The lowest BCUT2D eigenvalue weighted by Gasteiger charge is -2.44. The van der Waals surface area contributed by atoms with Gasteiger partial charge in [-0.3, -0.25) is 9.42 Å². The largest absolute Gasteiger partial charge is 0.528 e. The molecule has 190 valence electrons. The van der Waals surface area contributed by atoms with E-state index in [2.05, 4.69) is 107 Å². The Balaban J connectivity index is 2.33. The lowest BCUT2D eigenvalue weighted by atomic mass is 9.66. The zero-order valence-corrected chi connectivity index (χ0v) is 24.2. The summed E-state index contributed by atoms with van der Waals surface area (Å²) in [4.78, 5) is 11.0. The number of benzene rings is 1. The van der Waals surface area contributed by atoms with E-state index in [4.69, 9.17) is 9.05 Å². The average molecular weight is 489 g/mol. The van der Waals surface area contributed by atoms with Crippen LogP contribution in [-0.2, 0) is 26.3 Å². The van der Waals surface area contributed by atoms with Crippen LogP contribution in [0.1, 0.15) is 106 Å². The predicted octanol–water partition coefficient (Wildman–Crippen LogP) is 8.42. The van der Waals surface area contributed by atoms with Crippen molar-refractivity contribution in [3.8, 4) is 5.75 Å². The Hall–Kier alpha value is -1.35. The summed E-state index contributed by atoms with van der Waals surface area (Å²) in [5.41, 5.74) is 3.74. The molecule has 2 unspecified atom stereocenters. The van der Waals surface area contributed by atoms with Gasteiger partial charge in [-0.05, 0) is 50.4 Å². The van der Waals surface area contributed by atoms with Crippen LogP contribution >= 0.6 is 7.82 Å². The van der Waals surface area contributed by atoms with Crippen LogP contribution in [0.4, 0.5) is 0 Å². The third-order valence-electron chi connectivity index (χ3n) is 6.93. The summed E-state index contributed by atoms with van der Waals surface area (Å²) in [5.74, 6) is 0.502. The predicted molar refractivity (Wildman–Crippen MR) is 142 cm³/mol. The fourth-order valence-electron chi connectivity index (χ4n) is 5.02. The minimum atomic E-state index is -4.39. The zero-order chi connectivity index (χ0) is 26.1. The molecule has 5 heteroatoms. The van der Waals surface area contributed by atoms with Crippen molar-refractivity contribution in [2.75, 3.05) is 0 Å². The molecule has 0 bridgehead atoms. The second-order valence-corrected chi connectivity index (χ2v) is 15.6. The first-order chi connectivity index (χ1) is 15.1. The van der Waals surface area contributed by atoms with E-state index in [-0.39, 0.29) is 21.7 Å². The molecule has 2 aliphatic rings. The molecule has 1 N–H and O–H groups in total. The van der Waals surface area contributed by atoms with E-state index in [0.29, 0.717) is 18.6 Å². The van der Waals surface area contributed by atoms with E-state index in [9.17, 15) is 9.46 Å². The van der Waals surface area contributed by atoms with E-state index in [0.717, 1.165) is 16.7 Å². The summed E-state index contributed by atoms with van der Waals surface area (Å²) in [6.07, 6.45) is 5.39. The number of phosphoric ester groups is 1. The van der Waals surface area contributed by atoms with Crippen LogP contribution in [-0.4, -0.2) is 10.5 Å². The number of hydrogen-bond donors (Lipinski definition) is 1. The molecule has 34 heavy (non-hydrogen) atoms.